The second-order valence-electron chi connectivity index (χ2n) is 6.67. The molecule has 0 aromatic heterocycles. The van der Waals surface area contributed by atoms with Crippen LogP contribution in [0.25, 0.3) is 0 Å². The lowest BCUT2D eigenvalue weighted by molar-refractivity contribution is -0.126. The molecule has 1 saturated heterocycles. The normalized spacial score (nSPS) is 16.0. The Morgan fingerprint density at radius 2 is 2.00 bits per heavy atom. The number of carbonyl (C=O) groups is 2. The number of anilines is 1. The Bertz CT molecular complexity index is 943. The van der Waals surface area contributed by atoms with E-state index in [2.05, 4.69) is 17.2 Å². The summed E-state index contributed by atoms with van der Waals surface area (Å²) in [6.45, 7) is 4.66. The molecule has 0 saturated carbocycles. The minimum atomic E-state index is -0.360. The van der Waals surface area contributed by atoms with Crippen LogP contribution >= 0.6 is 11.6 Å². The SMILES string of the molecule is Cc1ccc(N2CC(C(=O)NCC#Cc3ccccc3Cl)CC2=O)cc1C. The topological polar surface area (TPSA) is 49.4 Å². The van der Waals surface area contributed by atoms with Gasteiger partial charge in [0.1, 0.15) is 0 Å². The van der Waals surface area contributed by atoms with Crippen molar-refractivity contribution in [3.8, 4) is 11.8 Å². The largest absolute Gasteiger partial charge is 0.345 e. The fraction of sp³-hybridized carbons (Fsp3) is 0.273. The quantitative estimate of drug-likeness (QED) is 0.829. The van der Waals surface area contributed by atoms with Crippen LogP contribution in [-0.2, 0) is 9.59 Å². The van der Waals surface area contributed by atoms with Gasteiger partial charge in [0, 0.05) is 24.2 Å². The van der Waals surface area contributed by atoms with Crippen LogP contribution in [0.15, 0.2) is 42.5 Å². The highest BCUT2D eigenvalue weighted by atomic mass is 35.5. The molecule has 0 bridgehead atoms. The standard InChI is InChI=1S/C22H21ClN2O2/c1-15-9-10-19(12-16(15)2)25-14-18(13-21(25)26)22(27)24-11-5-7-17-6-3-4-8-20(17)23/h3-4,6,8-10,12,18H,11,13-14H2,1-2H3,(H,24,27). The first-order valence-corrected chi connectivity index (χ1v) is 9.22. The molecule has 1 fully saturated rings. The molecule has 2 aromatic carbocycles. The van der Waals surface area contributed by atoms with Crippen molar-refractivity contribution in [3.63, 3.8) is 0 Å². The van der Waals surface area contributed by atoms with Crippen molar-refractivity contribution in [1.29, 1.82) is 0 Å². The monoisotopic (exact) mass is 380 g/mol. The van der Waals surface area contributed by atoms with E-state index in [4.69, 9.17) is 11.6 Å². The van der Waals surface area contributed by atoms with E-state index in [0.717, 1.165) is 16.8 Å². The van der Waals surface area contributed by atoms with Gasteiger partial charge in [-0.1, -0.05) is 41.6 Å². The van der Waals surface area contributed by atoms with E-state index in [1.807, 2.05) is 50.2 Å². The van der Waals surface area contributed by atoms with Crippen LogP contribution in [0.5, 0.6) is 0 Å². The van der Waals surface area contributed by atoms with Crippen LogP contribution < -0.4 is 10.2 Å². The smallest absolute Gasteiger partial charge is 0.227 e. The fourth-order valence-electron chi connectivity index (χ4n) is 3.00. The van der Waals surface area contributed by atoms with Gasteiger partial charge < -0.3 is 10.2 Å². The lowest BCUT2D eigenvalue weighted by Crippen LogP contribution is -2.33. The molecular formula is C22H21ClN2O2. The van der Waals surface area contributed by atoms with Gasteiger partial charge in [0.25, 0.3) is 0 Å². The third-order valence-electron chi connectivity index (χ3n) is 4.75. The molecule has 1 heterocycles. The third-order valence-corrected chi connectivity index (χ3v) is 5.08. The van der Waals surface area contributed by atoms with Gasteiger partial charge in [-0.25, -0.2) is 0 Å². The maximum atomic E-state index is 12.4. The summed E-state index contributed by atoms with van der Waals surface area (Å²) in [7, 11) is 0. The highest BCUT2D eigenvalue weighted by molar-refractivity contribution is 6.31. The van der Waals surface area contributed by atoms with Crippen molar-refractivity contribution < 1.29 is 9.59 Å². The molecule has 0 aliphatic carbocycles. The molecule has 2 amide bonds. The number of amides is 2. The molecule has 0 spiro atoms. The Morgan fingerprint density at radius 3 is 2.74 bits per heavy atom. The Balaban J connectivity index is 1.58. The van der Waals surface area contributed by atoms with Crippen LogP contribution in [-0.4, -0.2) is 24.9 Å². The van der Waals surface area contributed by atoms with Crippen LogP contribution in [0.1, 0.15) is 23.1 Å². The van der Waals surface area contributed by atoms with E-state index in [1.165, 1.54) is 5.56 Å². The number of nitrogens with one attached hydrogen (secondary N) is 1. The molecule has 0 radical (unpaired) electrons. The lowest BCUT2D eigenvalue weighted by Gasteiger charge is -2.17. The van der Waals surface area contributed by atoms with Gasteiger partial charge in [0.15, 0.2) is 0 Å². The summed E-state index contributed by atoms with van der Waals surface area (Å²) in [6.07, 6.45) is 0.219. The van der Waals surface area contributed by atoms with E-state index in [9.17, 15) is 9.59 Å². The predicted molar refractivity (Wildman–Crippen MR) is 108 cm³/mol. The fourth-order valence-corrected chi connectivity index (χ4v) is 3.19. The van der Waals surface area contributed by atoms with E-state index in [1.54, 1.807) is 11.0 Å². The average molecular weight is 381 g/mol. The average Bonchev–Trinajstić information content (AvgIpc) is 3.04. The summed E-state index contributed by atoms with van der Waals surface area (Å²) in [5, 5.41) is 3.38. The Morgan fingerprint density at radius 1 is 1.22 bits per heavy atom. The number of halogens is 1. The van der Waals surface area contributed by atoms with Gasteiger partial charge in [-0.2, -0.15) is 0 Å². The second-order valence-corrected chi connectivity index (χ2v) is 7.08. The van der Waals surface area contributed by atoms with E-state index < -0.39 is 0 Å². The molecular weight excluding hydrogens is 360 g/mol. The van der Waals surface area contributed by atoms with Crippen LogP contribution in [0.2, 0.25) is 5.02 Å². The first kappa shape index (κ1) is 19.0. The second kappa shape index (κ2) is 8.28. The number of carbonyl (C=O) groups excluding carboxylic acids is 2. The zero-order valence-corrected chi connectivity index (χ0v) is 16.1. The summed E-state index contributed by atoms with van der Waals surface area (Å²) in [5.41, 5.74) is 3.88. The Hall–Kier alpha value is -2.77. The van der Waals surface area contributed by atoms with Crippen LogP contribution in [0, 0.1) is 31.6 Å². The number of hydrogen-bond donors (Lipinski definition) is 1. The lowest BCUT2D eigenvalue weighted by atomic mass is 10.1. The number of nitrogens with zero attached hydrogens (tertiary/aromatic N) is 1. The van der Waals surface area contributed by atoms with Gasteiger partial charge in [0.05, 0.1) is 17.5 Å². The first-order valence-electron chi connectivity index (χ1n) is 8.84. The summed E-state index contributed by atoms with van der Waals surface area (Å²) in [5.74, 6) is 5.30. The number of hydrogen-bond acceptors (Lipinski definition) is 2. The summed E-state index contributed by atoms with van der Waals surface area (Å²) in [4.78, 5) is 26.4. The molecule has 1 aliphatic heterocycles. The molecule has 1 atom stereocenters. The molecule has 1 unspecified atom stereocenters. The summed E-state index contributed by atoms with van der Waals surface area (Å²) >= 11 is 6.05. The molecule has 1 N–H and O–H groups in total. The van der Waals surface area contributed by atoms with Gasteiger partial charge in [-0.05, 0) is 49.2 Å². The van der Waals surface area contributed by atoms with Crippen molar-refractivity contribution in [1.82, 2.24) is 5.32 Å². The van der Waals surface area contributed by atoms with Crippen LogP contribution in [0.3, 0.4) is 0 Å². The van der Waals surface area contributed by atoms with Crippen molar-refractivity contribution >= 4 is 29.1 Å². The zero-order valence-electron chi connectivity index (χ0n) is 15.4. The minimum absolute atomic E-state index is 0.0273. The van der Waals surface area contributed by atoms with Gasteiger partial charge in [0.2, 0.25) is 11.8 Å². The van der Waals surface area contributed by atoms with Crippen molar-refractivity contribution in [3.05, 3.63) is 64.2 Å². The molecule has 2 aromatic rings. The van der Waals surface area contributed by atoms with E-state index in [-0.39, 0.29) is 30.7 Å². The maximum absolute atomic E-state index is 12.4. The van der Waals surface area contributed by atoms with Crippen LogP contribution in [0.4, 0.5) is 5.69 Å². The molecule has 5 heteroatoms. The molecule has 27 heavy (non-hydrogen) atoms. The van der Waals surface area contributed by atoms with E-state index >= 15 is 0 Å². The number of aryl methyl sites for hydroxylation is 2. The molecule has 3 rings (SSSR count). The predicted octanol–water partition coefficient (Wildman–Crippen LogP) is 3.48. The maximum Gasteiger partial charge on any atom is 0.227 e. The molecule has 138 valence electrons. The summed E-state index contributed by atoms with van der Waals surface area (Å²) in [6, 6.07) is 13.2. The Labute approximate surface area is 164 Å². The van der Waals surface area contributed by atoms with E-state index in [0.29, 0.717) is 11.6 Å². The summed E-state index contributed by atoms with van der Waals surface area (Å²) < 4.78 is 0. The van der Waals surface area contributed by atoms with Crippen molar-refractivity contribution in [2.75, 3.05) is 18.0 Å². The number of rotatable bonds is 3. The molecule has 1 aliphatic rings. The van der Waals surface area contributed by atoms with Gasteiger partial charge in [-0.3, -0.25) is 9.59 Å². The van der Waals surface area contributed by atoms with Crippen molar-refractivity contribution in [2.45, 2.75) is 20.3 Å². The van der Waals surface area contributed by atoms with Gasteiger partial charge in [-0.15, -0.1) is 0 Å². The number of benzene rings is 2. The highest BCUT2D eigenvalue weighted by Crippen LogP contribution is 2.26. The minimum Gasteiger partial charge on any atom is -0.345 e. The van der Waals surface area contributed by atoms with Crippen molar-refractivity contribution in [2.24, 2.45) is 5.92 Å². The highest BCUT2D eigenvalue weighted by Gasteiger charge is 2.34. The molecule has 4 nitrogen and oxygen atoms in total. The third kappa shape index (κ3) is 4.50. The first-order chi connectivity index (χ1) is 13.0. The Kier molecular flexibility index (Phi) is 5.83. The van der Waals surface area contributed by atoms with Gasteiger partial charge >= 0.3 is 0 Å². The zero-order chi connectivity index (χ0) is 19.4.